The highest BCUT2D eigenvalue weighted by Crippen LogP contribution is 2.43. The van der Waals surface area contributed by atoms with Crippen LogP contribution < -0.4 is 15.1 Å². The molecule has 166 valence electrons. The molecule has 0 aromatic heterocycles. The summed E-state index contributed by atoms with van der Waals surface area (Å²) in [6, 6.07) is 12.1. The van der Waals surface area contributed by atoms with Gasteiger partial charge in [-0.05, 0) is 80.6 Å². The van der Waals surface area contributed by atoms with Gasteiger partial charge in [-0.2, -0.15) is 0 Å². The van der Waals surface area contributed by atoms with E-state index in [9.17, 15) is 14.4 Å². The predicted octanol–water partition coefficient (Wildman–Crippen LogP) is 5.23. The van der Waals surface area contributed by atoms with Crippen molar-refractivity contribution < 1.29 is 14.4 Å². The van der Waals surface area contributed by atoms with Crippen molar-refractivity contribution in [1.82, 2.24) is 5.32 Å². The molecular weight excluding hydrogens is 470 g/mol. The van der Waals surface area contributed by atoms with E-state index in [0.717, 1.165) is 27.9 Å². The van der Waals surface area contributed by atoms with E-state index in [0.29, 0.717) is 11.6 Å². The zero-order valence-corrected chi connectivity index (χ0v) is 20.2. The number of halogens is 1. The Morgan fingerprint density at radius 1 is 1.16 bits per heavy atom. The number of nitrogens with zero attached hydrogens (tertiary/aromatic N) is 2. The summed E-state index contributed by atoms with van der Waals surface area (Å²) in [5, 5.41) is 2.28. The number of hydrogen-bond donors (Lipinski definition) is 1. The highest BCUT2D eigenvalue weighted by atomic mass is 79.9. The van der Waals surface area contributed by atoms with Gasteiger partial charge in [-0.25, -0.2) is 9.69 Å². The molecule has 6 nitrogen and oxygen atoms in total. The van der Waals surface area contributed by atoms with Crippen LogP contribution in [0.1, 0.15) is 51.2 Å². The number of hydrogen-bond acceptors (Lipinski definition) is 4. The summed E-state index contributed by atoms with van der Waals surface area (Å²) in [7, 11) is 0. The number of anilines is 2. The van der Waals surface area contributed by atoms with Crippen molar-refractivity contribution in [2.75, 3.05) is 16.3 Å². The first-order valence-electron chi connectivity index (χ1n) is 10.7. The van der Waals surface area contributed by atoms with Crippen LogP contribution in [-0.2, 0) is 9.59 Å². The van der Waals surface area contributed by atoms with E-state index in [4.69, 9.17) is 0 Å². The second kappa shape index (κ2) is 8.20. The van der Waals surface area contributed by atoms with Crippen LogP contribution >= 0.6 is 15.9 Å². The first kappa shape index (κ1) is 22.3. The van der Waals surface area contributed by atoms with Crippen molar-refractivity contribution >= 4 is 51.2 Å². The number of rotatable bonds is 3. The van der Waals surface area contributed by atoms with Crippen LogP contribution in [0.4, 0.5) is 16.2 Å². The summed E-state index contributed by atoms with van der Waals surface area (Å²) < 4.78 is 0.727. The van der Waals surface area contributed by atoms with Gasteiger partial charge in [0.05, 0.1) is 5.69 Å². The van der Waals surface area contributed by atoms with Crippen LogP contribution in [0.15, 0.2) is 52.5 Å². The lowest BCUT2D eigenvalue weighted by Crippen LogP contribution is -2.54. The summed E-state index contributed by atoms with van der Waals surface area (Å²) in [5.74, 6) is -0.982. The topological polar surface area (TPSA) is 69.7 Å². The monoisotopic (exact) mass is 495 g/mol. The molecule has 7 heteroatoms. The first-order valence-corrected chi connectivity index (χ1v) is 11.5. The molecule has 1 saturated heterocycles. The standard InChI is InChI=1S/C25H26BrN3O3/c1-5-28-21-10-9-16(11-19(21)15(2)14-25(28,3)4)12-20-22(30)27-24(32)29(23(20)31)18-8-6-7-17(26)13-18/h6-13,15H,5,14H2,1-4H3,(H,27,30,32)/b20-12-. The molecule has 2 aromatic rings. The molecule has 2 aliphatic heterocycles. The van der Waals surface area contributed by atoms with Crippen LogP contribution in [0.2, 0.25) is 0 Å². The quantitative estimate of drug-likeness (QED) is 0.467. The fourth-order valence-corrected chi connectivity index (χ4v) is 5.26. The maximum Gasteiger partial charge on any atom is 0.335 e. The van der Waals surface area contributed by atoms with E-state index in [1.54, 1.807) is 30.3 Å². The summed E-state index contributed by atoms with van der Waals surface area (Å²) in [5.41, 5.74) is 3.52. The van der Waals surface area contributed by atoms with Gasteiger partial charge in [0, 0.05) is 22.2 Å². The number of barbiturate groups is 1. The Morgan fingerprint density at radius 3 is 2.59 bits per heavy atom. The minimum absolute atomic E-state index is 0.0607. The first-order chi connectivity index (χ1) is 15.1. The van der Waals surface area contributed by atoms with Gasteiger partial charge in [0.2, 0.25) is 0 Å². The van der Waals surface area contributed by atoms with Gasteiger partial charge >= 0.3 is 6.03 Å². The number of nitrogens with one attached hydrogen (secondary N) is 1. The molecule has 4 rings (SSSR count). The van der Waals surface area contributed by atoms with Crippen molar-refractivity contribution in [1.29, 1.82) is 0 Å². The molecule has 2 heterocycles. The molecule has 0 bridgehead atoms. The second-order valence-corrected chi connectivity index (χ2v) is 9.83. The zero-order valence-electron chi connectivity index (χ0n) is 18.6. The fourth-order valence-electron chi connectivity index (χ4n) is 4.87. The highest BCUT2D eigenvalue weighted by Gasteiger charge is 2.38. The van der Waals surface area contributed by atoms with E-state index in [-0.39, 0.29) is 11.1 Å². The second-order valence-electron chi connectivity index (χ2n) is 8.92. The average Bonchev–Trinajstić information content (AvgIpc) is 2.71. The predicted molar refractivity (Wildman–Crippen MR) is 130 cm³/mol. The van der Waals surface area contributed by atoms with Gasteiger partial charge in [-0.1, -0.05) is 35.0 Å². The molecule has 2 aliphatic rings. The Labute approximate surface area is 196 Å². The maximum atomic E-state index is 13.2. The van der Waals surface area contributed by atoms with Gasteiger partial charge in [0.15, 0.2) is 0 Å². The number of benzene rings is 2. The minimum atomic E-state index is -0.755. The highest BCUT2D eigenvalue weighted by molar-refractivity contribution is 9.10. The molecule has 0 saturated carbocycles. The molecule has 1 fully saturated rings. The smallest absolute Gasteiger partial charge is 0.335 e. The number of fused-ring (bicyclic) bond motifs is 1. The van der Waals surface area contributed by atoms with Crippen LogP contribution in [-0.4, -0.2) is 29.9 Å². The Hall–Kier alpha value is -2.93. The third-order valence-corrected chi connectivity index (χ3v) is 6.70. The van der Waals surface area contributed by atoms with E-state index in [1.807, 2.05) is 12.1 Å². The molecule has 0 aliphatic carbocycles. The average molecular weight is 496 g/mol. The number of carbonyl (C=O) groups is 3. The molecule has 0 spiro atoms. The van der Waals surface area contributed by atoms with Crippen molar-refractivity contribution in [2.45, 2.75) is 45.6 Å². The Morgan fingerprint density at radius 2 is 1.91 bits per heavy atom. The lowest BCUT2D eigenvalue weighted by atomic mass is 9.79. The Balaban J connectivity index is 1.73. The van der Waals surface area contributed by atoms with E-state index in [2.05, 4.69) is 59.9 Å². The SMILES string of the molecule is CCN1c2ccc(/C=C3/C(=O)NC(=O)N(c4cccc(Br)c4)C3=O)cc2C(C)CC1(C)C. The number of carbonyl (C=O) groups excluding carboxylic acids is 3. The number of imide groups is 2. The molecule has 1 atom stereocenters. The largest absolute Gasteiger partial charge is 0.366 e. The molecule has 2 aromatic carbocycles. The summed E-state index contributed by atoms with van der Waals surface area (Å²) in [4.78, 5) is 41.5. The third kappa shape index (κ3) is 3.86. The third-order valence-electron chi connectivity index (χ3n) is 6.21. The Bertz CT molecular complexity index is 1150. The lowest BCUT2D eigenvalue weighted by molar-refractivity contribution is -0.122. The van der Waals surface area contributed by atoms with Gasteiger partial charge in [-0.3, -0.25) is 14.9 Å². The van der Waals surface area contributed by atoms with Gasteiger partial charge in [-0.15, -0.1) is 0 Å². The minimum Gasteiger partial charge on any atom is -0.366 e. The molecule has 0 radical (unpaired) electrons. The maximum absolute atomic E-state index is 13.2. The van der Waals surface area contributed by atoms with Crippen molar-refractivity contribution in [3.63, 3.8) is 0 Å². The molecule has 4 amide bonds. The molecular formula is C25H26BrN3O3. The van der Waals surface area contributed by atoms with Crippen LogP contribution in [0.5, 0.6) is 0 Å². The van der Waals surface area contributed by atoms with E-state index >= 15 is 0 Å². The van der Waals surface area contributed by atoms with Gasteiger partial charge < -0.3 is 4.90 Å². The van der Waals surface area contributed by atoms with Crippen LogP contribution in [0.25, 0.3) is 6.08 Å². The summed E-state index contributed by atoms with van der Waals surface area (Å²) in [6.45, 7) is 9.76. The zero-order chi connectivity index (χ0) is 23.2. The summed E-state index contributed by atoms with van der Waals surface area (Å²) in [6.07, 6.45) is 2.58. The van der Waals surface area contributed by atoms with Crippen molar-refractivity contribution in [3.05, 3.63) is 63.6 Å². The van der Waals surface area contributed by atoms with Crippen LogP contribution in [0, 0.1) is 0 Å². The summed E-state index contributed by atoms with van der Waals surface area (Å²) >= 11 is 3.35. The molecule has 32 heavy (non-hydrogen) atoms. The van der Waals surface area contributed by atoms with E-state index < -0.39 is 17.8 Å². The lowest BCUT2D eigenvalue weighted by Gasteiger charge is -2.47. The molecule has 1 unspecified atom stereocenters. The number of amides is 4. The van der Waals surface area contributed by atoms with Gasteiger partial charge in [0.1, 0.15) is 5.57 Å². The normalized spacial score (nSPS) is 21.6. The van der Waals surface area contributed by atoms with Crippen LogP contribution in [0.3, 0.4) is 0 Å². The molecule has 1 N–H and O–H groups in total. The Kier molecular flexibility index (Phi) is 5.71. The van der Waals surface area contributed by atoms with Gasteiger partial charge in [0.25, 0.3) is 11.8 Å². The van der Waals surface area contributed by atoms with E-state index in [1.165, 1.54) is 11.3 Å². The van der Waals surface area contributed by atoms with Crippen molar-refractivity contribution in [2.24, 2.45) is 0 Å². The van der Waals surface area contributed by atoms with Crippen molar-refractivity contribution in [3.8, 4) is 0 Å². The number of urea groups is 1. The fraction of sp³-hybridized carbons (Fsp3) is 0.320.